The van der Waals surface area contributed by atoms with Gasteiger partial charge in [-0.15, -0.1) is 0 Å². The Kier molecular flexibility index (Phi) is 4.98. The van der Waals surface area contributed by atoms with Crippen LogP contribution in [0.15, 0.2) is 66.2 Å². The van der Waals surface area contributed by atoms with Crippen LogP contribution < -0.4 is 0 Å². The van der Waals surface area contributed by atoms with E-state index in [0.717, 1.165) is 18.4 Å². The molecule has 0 unspecified atom stereocenters. The van der Waals surface area contributed by atoms with Crippen molar-refractivity contribution in [1.82, 2.24) is 4.90 Å². The molecule has 1 aliphatic heterocycles. The summed E-state index contributed by atoms with van der Waals surface area (Å²) in [7, 11) is 0. The van der Waals surface area contributed by atoms with Gasteiger partial charge in [0.1, 0.15) is 5.76 Å². The lowest BCUT2D eigenvalue weighted by molar-refractivity contribution is -0.139. The van der Waals surface area contributed by atoms with Crippen LogP contribution in [-0.4, -0.2) is 28.2 Å². The number of nitrogens with zero attached hydrogens (tertiary/aromatic N) is 1. The fraction of sp³-hybridized carbons (Fsp3) is 0.238. The van der Waals surface area contributed by atoms with Crippen LogP contribution >= 0.6 is 0 Å². The van der Waals surface area contributed by atoms with Gasteiger partial charge in [-0.2, -0.15) is 0 Å². The first-order chi connectivity index (χ1) is 12.1. The summed E-state index contributed by atoms with van der Waals surface area (Å²) in [5.74, 6) is -1.28. The Labute approximate surface area is 147 Å². The first kappa shape index (κ1) is 17.0. The summed E-state index contributed by atoms with van der Waals surface area (Å²) in [6, 6.07) is 17.7. The summed E-state index contributed by atoms with van der Waals surface area (Å²) < 4.78 is 0. The molecule has 0 saturated carbocycles. The highest BCUT2D eigenvalue weighted by Gasteiger charge is 2.45. The molecule has 0 spiro atoms. The molecule has 0 aliphatic carbocycles. The van der Waals surface area contributed by atoms with Gasteiger partial charge in [-0.1, -0.05) is 74.0 Å². The SMILES string of the molecule is CCCCN1C(=O)C(=O)/C(=C(/O)c2ccccc2)[C@H]1c1ccccc1. The summed E-state index contributed by atoms with van der Waals surface area (Å²) in [6.45, 7) is 2.53. The summed E-state index contributed by atoms with van der Waals surface area (Å²) in [6.07, 6.45) is 1.73. The number of carbonyl (C=O) groups is 2. The maximum Gasteiger partial charge on any atom is 0.295 e. The van der Waals surface area contributed by atoms with Crippen molar-refractivity contribution in [2.75, 3.05) is 6.54 Å². The Balaban J connectivity index is 2.14. The van der Waals surface area contributed by atoms with Gasteiger partial charge in [0.25, 0.3) is 11.7 Å². The van der Waals surface area contributed by atoms with E-state index in [4.69, 9.17) is 0 Å². The highest BCUT2D eigenvalue weighted by Crippen LogP contribution is 2.39. The number of Topliss-reactive ketones (excluding diaryl/α,β-unsaturated/α-hetero) is 1. The van der Waals surface area contributed by atoms with E-state index < -0.39 is 17.7 Å². The zero-order valence-electron chi connectivity index (χ0n) is 14.2. The fourth-order valence-electron chi connectivity index (χ4n) is 3.17. The first-order valence-electron chi connectivity index (χ1n) is 8.54. The second-order valence-electron chi connectivity index (χ2n) is 6.12. The van der Waals surface area contributed by atoms with Gasteiger partial charge in [0.05, 0.1) is 11.6 Å². The summed E-state index contributed by atoms with van der Waals surface area (Å²) in [5.41, 5.74) is 1.53. The monoisotopic (exact) mass is 335 g/mol. The van der Waals surface area contributed by atoms with E-state index >= 15 is 0 Å². The molecule has 1 aliphatic rings. The Morgan fingerprint density at radius 2 is 1.60 bits per heavy atom. The van der Waals surface area contributed by atoms with Crippen molar-refractivity contribution in [3.63, 3.8) is 0 Å². The number of likely N-dealkylation sites (tertiary alicyclic amines) is 1. The fourth-order valence-corrected chi connectivity index (χ4v) is 3.17. The van der Waals surface area contributed by atoms with E-state index in [0.29, 0.717) is 12.1 Å². The Morgan fingerprint density at radius 3 is 2.20 bits per heavy atom. The van der Waals surface area contributed by atoms with Crippen molar-refractivity contribution in [2.45, 2.75) is 25.8 Å². The van der Waals surface area contributed by atoms with Crippen molar-refractivity contribution in [1.29, 1.82) is 0 Å². The molecular formula is C21H21NO3. The number of amides is 1. The van der Waals surface area contributed by atoms with Crippen LogP contribution in [0.5, 0.6) is 0 Å². The van der Waals surface area contributed by atoms with Crippen LogP contribution in [0.3, 0.4) is 0 Å². The molecular weight excluding hydrogens is 314 g/mol. The largest absolute Gasteiger partial charge is 0.507 e. The van der Waals surface area contributed by atoms with Gasteiger partial charge < -0.3 is 10.0 Å². The van der Waals surface area contributed by atoms with Crippen LogP contribution in [0, 0.1) is 0 Å². The van der Waals surface area contributed by atoms with Gasteiger partial charge in [0.15, 0.2) is 0 Å². The molecule has 0 aromatic heterocycles. The molecule has 1 amide bonds. The highest BCUT2D eigenvalue weighted by molar-refractivity contribution is 6.46. The van der Waals surface area contributed by atoms with Gasteiger partial charge in [0, 0.05) is 12.1 Å². The van der Waals surface area contributed by atoms with E-state index in [-0.39, 0.29) is 11.3 Å². The number of unbranched alkanes of at least 4 members (excludes halogenated alkanes) is 1. The topological polar surface area (TPSA) is 57.6 Å². The molecule has 1 saturated heterocycles. The van der Waals surface area contributed by atoms with Crippen LogP contribution in [0.4, 0.5) is 0 Å². The van der Waals surface area contributed by atoms with Crippen molar-refractivity contribution in [3.05, 3.63) is 77.4 Å². The van der Waals surface area contributed by atoms with Gasteiger partial charge >= 0.3 is 0 Å². The average Bonchev–Trinajstić information content (AvgIpc) is 2.91. The van der Waals surface area contributed by atoms with Crippen molar-refractivity contribution >= 4 is 17.4 Å². The molecule has 1 fully saturated rings. The van der Waals surface area contributed by atoms with Crippen LogP contribution in [0.25, 0.3) is 5.76 Å². The number of aliphatic hydroxyl groups is 1. The predicted octanol–water partition coefficient (Wildman–Crippen LogP) is 3.91. The minimum absolute atomic E-state index is 0.119. The molecule has 2 aromatic carbocycles. The summed E-state index contributed by atoms with van der Waals surface area (Å²) in [5, 5.41) is 10.8. The Bertz CT molecular complexity index is 796. The maximum absolute atomic E-state index is 12.7. The van der Waals surface area contributed by atoms with Crippen LogP contribution in [-0.2, 0) is 9.59 Å². The van der Waals surface area contributed by atoms with E-state index in [9.17, 15) is 14.7 Å². The molecule has 1 N–H and O–H groups in total. The number of hydrogen-bond acceptors (Lipinski definition) is 3. The molecule has 1 atom stereocenters. The van der Waals surface area contributed by atoms with Gasteiger partial charge in [-0.3, -0.25) is 9.59 Å². The molecule has 2 aromatic rings. The van der Waals surface area contributed by atoms with E-state index in [1.165, 1.54) is 0 Å². The Morgan fingerprint density at radius 1 is 1.00 bits per heavy atom. The molecule has 1 heterocycles. The zero-order valence-corrected chi connectivity index (χ0v) is 14.2. The number of hydrogen-bond donors (Lipinski definition) is 1. The summed E-state index contributed by atoms with van der Waals surface area (Å²) in [4.78, 5) is 26.8. The first-order valence-corrected chi connectivity index (χ1v) is 8.54. The molecule has 0 bridgehead atoms. The lowest BCUT2D eigenvalue weighted by Gasteiger charge is -2.25. The number of rotatable bonds is 5. The number of benzene rings is 2. The molecule has 0 radical (unpaired) electrons. The van der Waals surface area contributed by atoms with Gasteiger partial charge in [-0.05, 0) is 12.0 Å². The molecule has 4 nitrogen and oxygen atoms in total. The second kappa shape index (κ2) is 7.34. The third-order valence-electron chi connectivity index (χ3n) is 4.46. The third-order valence-corrected chi connectivity index (χ3v) is 4.46. The predicted molar refractivity (Wildman–Crippen MR) is 96.8 cm³/mol. The maximum atomic E-state index is 12.7. The minimum atomic E-state index is -0.619. The Hall–Kier alpha value is -2.88. The normalized spacial score (nSPS) is 19.4. The number of aliphatic hydroxyl groups excluding tert-OH is 1. The molecule has 3 rings (SSSR count). The molecule has 128 valence electrons. The molecule has 25 heavy (non-hydrogen) atoms. The van der Waals surface area contributed by atoms with Crippen molar-refractivity contribution < 1.29 is 14.7 Å². The minimum Gasteiger partial charge on any atom is -0.507 e. The quantitative estimate of drug-likeness (QED) is 0.512. The highest BCUT2D eigenvalue weighted by atomic mass is 16.3. The summed E-state index contributed by atoms with van der Waals surface area (Å²) >= 11 is 0. The smallest absolute Gasteiger partial charge is 0.295 e. The van der Waals surface area contributed by atoms with Crippen molar-refractivity contribution in [2.24, 2.45) is 0 Å². The standard InChI is InChI=1S/C21H21NO3/c1-2-3-14-22-18(15-10-6-4-7-11-15)17(20(24)21(22)25)19(23)16-12-8-5-9-13-16/h4-13,18,23H,2-3,14H2,1H3/b19-17+/t18-/m1/s1. The van der Waals surface area contributed by atoms with Crippen LogP contribution in [0.2, 0.25) is 0 Å². The van der Waals surface area contributed by atoms with Gasteiger partial charge in [-0.25, -0.2) is 0 Å². The van der Waals surface area contributed by atoms with E-state index in [1.807, 2.05) is 43.3 Å². The number of carbonyl (C=O) groups excluding carboxylic acids is 2. The molecule has 4 heteroatoms. The van der Waals surface area contributed by atoms with Crippen LogP contribution in [0.1, 0.15) is 36.9 Å². The lowest BCUT2D eigenvalue weighted by atomic mass is 9.95. The van der Waals surface area contributed by atoms with E-state index in [1.54, 1.807) is 29.2 Å². The average molecular weight is 335 g/mol. The lowest BCUT2D eigenvalue weighted by Crippen LogP contribution is -2.30. The second-order valence-corrected chi connectivity index (χ2v) is 6.12. The van der Waals surface area contributed by atoms with Gasteiger partial charge in [0.2, 0.25) is 0 Å². The van der Waals surface area contributed by atoms with Crippen molar-refractivity contribution in [3.8, 4) is 0 Å². The van der Waals surface area contributed by atoms with E-state index in [2.05, 4.69) is 0 Å². The third kappa shape index (κ3) is 3.20. The number of ketones is 1. The zero-order chi connectivity index (χ0) is 17.8.